The molecule has 0 aromatic heterocycles. The minimum absolute atomic E-state index is 0.187. The molecule has 238 valence electrons. The second kappa shape index (κ2) is 32.7. The largest absolute Gasteiger partial charge is 0.359 e. The molecular formula is C37H73NO2. The van der Waals surface area contributed by atoms with E-state index in [-0.39, 0.29) is 5.91 Å². The van der Waals surface area contributed by atoms with Gasteiger partial charge in [-0.1, -0.05) is 181 Å². The van der Waals surface area contributed by atoms with E-state index in [0.29, 0.717) is 6.42 Å². The normalized spacial score (nSPS) is 12.9. The maximum Gasteiger partial charge on any atom is 0.219 e. The summed E-state index contributed by atoms with van der Waals surface area (Å²) in [5.41, 5.74) is 0. The quantitative estimate of drug-likeness (QED) is 0.0637. The summed E-state index contributed by atoms with van der Waals surface area (Å²) in [7, 11) is 1.74. The molecule has 3 nitrogen and oxygen atoms in total. The monoisotopic (exact) mass is 564 g/mol. The molecule has 0 rings (SSSR count). The van der Waals surface area contributed by atoms with Crippen molar-refractivity contribution >= 4 is 12.2 Å². The molecule has 3 heteroatoms. The smallest absolute Gasteiger partial charge is 0.219 e. The maximum absolute atomic E-state index is 11.5. The van der Waals surface area contributed by atoms with Crippen LogP contribution in [0.15, 0.2) is 0 Å². The van der Waals surface area contributed by atoms with Gasteiger partial charge >= 0.3 is 0 Å². The van der Waals surface area contributed by atoms with Crippen molar-refractivity contribution in [3.05, 3.63) is 0 Å². The average Bonchev–Trinajstić information content (AvgIpc) is 2.97. The molecule has 0 saturated carbocycles. The van der Waals surface area contributed by atoms with Gasteiger partial charge in [0.1, 0.15) is 6.29 Å². The Hall–Kier alpha value is -0.860. The number of amides is 1. The third-order valence-electron chi connectivity index (χ3n) is 9.18. The second-order valence-electron chi connectivity index (χ2n) is 12.8. The highest BCUT2D eigenvalue weighted by Gasteiger charge is 2.20. The van der Waals surface area contributed by atoms with Gasteiger partial charge in [-0.25, -0.2) is 0 Å². The highest BCUT2D eigenvalue weighted by Crippen LogP contribution is 2.33. The van der Waals surface area contributed by atoms with Crippen molar-refractivity contribution < 1.29 is 9.59 Å². The molecule has 1 amide bonds. The molecular weight excluding hydrogens is 490 g/mol. The zero-order chi connectivity index (χ0) is 29.4. The van der Waals surface area contributed by atoms with Crippen molar-refractivity contribution in [3.63, 3.8) is 0 Å². The highest BCUT2D eigenvalue weighted by molar-refractivity contribution is 5.75. The SMILES string of the molecule is CCCCCCCCCC(CCCCCCCC=O)C(CCCCCCCCC)CCCCCCCC(=O)NC. The molecule has 0 spiro atoms. The molecule has 40 heavy (non-hydrogen) atoms. The minimum Gasteiger partial charge on any atom is -0.359 e. The lowest BCUT2D eigenvalue weighted by molar-refractivity contribution is -0.120. The lowest BCUT2D eigenvalue weighted by atomic mass is 9.78. The van der Waals surface area contributed by atoms with E-state index in [1.54, 1.807) is 7.05 Å². The Labute approximate surface area is 252 Å². The third-order valence-corrected chi connectivity index (χ3v) is 9.18. The van der Waals surface area contributed by atoms with Gasteiger partial charge in [-0.05, 0) is 24.7 Å². The number of hydrogen-bond donors (Lipinski definition) is 1. The van der Waals surface area contributed by atoms with Crippen LogP contribution in [0.1, 0.15) is 206 Å². The molecule has 0 aromatic carbocycles. The Morgan fingerprint density at radius 1 is 0.500 bits per heavy atom. The van der Waals surface area contributed by atoms with Crippen LogP contribution in [0.25, 0.3) is 0 Å². The van der Waals surface area contributed by atoms with Crippen LogP contribution in [-0.2, 0) is 9.59 Å². The van der Waals surface area contributed by atoms with Crippen LogP contribution in [0.2, 0.25) is 0 Å². The van der Waals surface area contributed by atoms with E-state index in [1.807, 2.05) is 0 Å². The maximum atomic E-state index is 11.5. The molecule has 1 N–H and O–H groups in total. The molecule has 0 radical (unpaired) electrons. The number of nitrogens with one attached hydrogen (secondary N) is 1. The fourth-order valence-electron chi connectivity index (χ4n) is 6.47. The van der Waals surface area contributed by atoms with E-state index in [0.717, 1.165) is 37.4 Å². The number of carbonyl (C=O) groups excluding carboxylic acids is 2. The standard InChI is InChI=1S/C37H73NO2/c1-4-6-8-10-12-17-23-29-35(31-25-19-14-15-22-28-34-39)36(30-24-18-13-11-9-7-5-2)32-26-20-16-21-27-33-37(40)38-3/h34-36H,4-33H2,1-3H3,(H,38,40). The molecule has 0 fully saturated rings. The van der Waals surface area contributed by atoms with Gasteiger partial charge in [0.15, 0.2) is 0 Å². The molecule has 0 aliphatic rings. The zero-order valence-corrected chi connectivity index (χ0v) is 27.8. The van der Waals surface area contributed by atoms with Crippen molar-refractivity contribution in [1.82, 2.24) is 5.32 Å². The molecule has 0 bridgehead atoms. The predicted octanol–water partition coefficient (Wildman–Crippen LogP) is 11.9. The average molecular weight is 564 g/mol. The van der Waals surface area contributed by atoms with Gasteiger partial charge in [-0.2, -0.15) is 0 Å². The lowest BCUT2D eigenvalue weighted by Crippen LogP contribution is -2.17. The molecule has 2 unspecified atom stereocenters. The molecule has 0 aromatic rings. The van der Waals surface area contributed by atoms with Gasteiger partial charge in [0, 0.05) is 19.9 Å². The van der Waals surface area contributed by atoms with Crippen LogP contribution < -0.4 is 5.32 Å². The summed E-state index contributed by atoms with van der Waals surface area (Å²) in [6.07, 6.45) is 40.6. The minimum atomic E-state index is 0.187. The fraction of sp³-hybridized carbons (Fsp3) is 0.946. The van der Waals surface area contributed by atoms with Gasteiger partial charge in [-0.15, -0.1) is 0 Å². The van der Waals surface area contributed by atoms with Crippen LogP contribution >= 0.6 is 0 Å². The molecule has 2 atom stereocenters. The first-order valence-electron chi connectivity index (χ1n) is 18.3. The van der Waals surface area contributed by atoms with Gasteiger partial charge in [0.05, 0.1) is 0 Å². The first-order valence-corrected chi connectivity index (χ1v) is 18.3. The Bertz CT molecular complexity index is 520. The van der Waals surface area contributed by atoms with Gasteiger partial charge in [0.25, 0.3) is 0 Å². The first-order chi connectivity index (χ1) is 19.7. The van der Waals surface area contributed by atoms with Crippen molar-refractivity contribution in [2.75, 3.05) is 7.05 Å². The van der Waals surface area contributed by atoms with Crippen molar-refractivity contribution in [2.24, 2.45) is 11.8 Å². The van der Waals surface area contributed by atoms with Crippen LogP contribution in [0, 0.1) is 11.8 Å². The summed E-state index contributed by atoms with van der Waals surface area (Å²) in [4.78, 5) is 22.1. The Kier molecular flexibility index (Phi) is 31.9. The summed E-state index contributed by atoms with van der Waals surface area (Å²) in [5.74, 6) is 2.02. The number of hydrogen-bond acceptors (Lipinski definition) is 2. The van der Waals surface area contributed by atoms with Crippen LogP contribution in [0.4, 0.5) is 0 Å². The van der Waals surface area contributed by atoms with E-state index in [4.69, 9.17) is 0 Å². The Morgan fingerprint density at radius 2 is 0.825 bits per heavy atom. The van der Waals surface area contributed by atoms with Crippen molar-refractivity contribution in [3.8, 4) is 0 Å². The topological polar surface area (TPSA) is 46.2 Å². The van der Waals surface area contributed by atoms with E-state index in [1.165, 1.54) is 167 Å². The van der Waals surface area contributed by atoms with Crippen molar-refractivity contribution in [2.45, 2.75) is 206 Å². The Balaban J connectivity index is 4.77. The molecule has 0 aliphatic carbocycles. The van der Waals surface area contributed by atoms with Crippen molar-refractivity contribution in [1.29, 1.82) is 0 Å². The van der Waals surface area contributed by atoms with Crippen LogP contribution in [-0.4, -0.2) is 19.2 Å². The Morgan fingerprint density at radius 3 is 1.18 bits per heavy atom. The highest BCUT2D eigenvalue weighted by atomic mass is 16.1. The summed E-state index contributed by atoms with van der Waals surface area (Å²) in [5, 5.41) is 2.75. The fourth-order valence-corrected chi connectivity index (χ4v) is 6.47. The number of aldehydes is 1. The summed E-state index contributed by atoms with van der Waals surface area (Å²) in [6, 6.07) is 0. The van der Waals surface area contributed by atoms with E-state index in [2.05, 4.69) is 19.2 Å². The molecule has 0 heterocycles. The van der Waals surface area contributed by atoms with E-state index >= 15 is 0 Å². The summed E-state index contributed by atoms with van der Waals surface area (Å²) >= 11 is 0. The number of carbonyl (C=O) groups is 2. The first kappa shape index (κ1) is 39.1. The van der Waals surface area contributed by atoms with Gasteiger partial charge in [-0.3, -0.25) is 4.79 Å². The number of unbranched alkanes of at least 4 members (excludes halogenated alkanes) is 21. The van der Waals surface area contributed by atoms with Gasteiger partial charge < -0.3 is 10.1 Å². The predicted molar refractivity (Wildman–Crippen MR) is 177 cm³/mol. The summed E-state index contributed by atoms with van der Waals surface area (Å²) in [6.45, 7) is 4.62. The van der Waals surface area contributed by atoms with Crippen LogP contribution in [0.3, 0.4) is 0 Å². The second-order valence-corrected chi connectivity index (χ2v) is 12.8. The number of rotatable bonds is 33. The zero-order valence-electron chi connectivity index (χ0n) is 27.8. The lowest BCUT2D eigenvalue weighted by Gasteiger charge is -2.28. The van der Waals surface area contributed by atoms with Crippen LogP contribution in [0.5, 0.6) is 0 Å². The van der Waals surface area contributed by atoms with Gasteiger partial charge in [0.2, 0.25) is 5.91 Å². The summed E-state index contributed by atoms with van der Waals surface area (Å²) < 4.78 is 0. The molecule has 0 aliphatic heterocycles. The van der Waals surface area contributed by atoms with E-state index in [9.17, 15) is 9.59 Å². The third kappa shape index (κ3) is 27.3. The van der Waals surface area contributed by atoms with E-state index < -0.39 is 0 Å². The molecule has 0 saturated heterocycles.